The van der Waals surface area contributed by atoms with Gasteiger partial charge in [0.15, 0.2) is 0 Å². The van der Waals surface area contributed by atoms with Crippen LogP contribution in [0, 0.1) is 5.92 Å². The van der Waals surface area contributed by atoms with Gasteiger partial charge in [0.05, 0.1) is 30.5 Å². The monoisotopic (exact) mass is 566 g/mol. The number of aromatic nitrogens is 2. The number of para-hydroxylation sites is 1. The van der Waals surface area contributed by atoms with Gasteiger partial charge in [0.25, 0.3) is 11.8 Å². The smallest absolute Gasteiger partial charge is 0.289 e. The molecule has 41 heavy (non-hydrogen) atoms. The van der Waals surface area contributed by atoms with Gasteiger partial charge in [0.2, 0.25) is 17.6 Å². The molecular formula is C30H42N6O5. The van der Waals surface area contributed by atoms with Crippen molar-refractivity contribution in [3.05, 3.63) is 66.0 Å². The molecule has 4 amide bonds. The minimum Gasteiger partial charge on any atom is -0.347 e. The van der Waals surface area contributed by atoms with E-state index < -0.39 is 42.0 Å². The summed E-state index contributed by atoms with van der Waals surface area (Å²) in [6.45, 7) is 11.5. The lowest BCUT2D eigenvalue weighted by atomic mass is 10.1. The SMILES string of the molecule is CC(C)C.CCC.C[C@H](NC(=O)CNC(=O)c1cccc2[nH]cnc12)C(=O)NCC(=O)C(=O)NCc1ccccc1. The van der Waals surface area contributed by atoms with Crippen LogP contribution < -0.4 is 21.3 Å². The van der Waals surface area contributed by atoms with Gasteiger partial charge in [-0.25, -0.2) is 4.98 Å². The molecule has 1 atom stereocenters. The highest BCUT2D eigenvalue weighted by molar-refractivity contribution is 6.37. The fraction of sp³-hybridized carbons (Fsp3) is 0.400. The number of fused-ring (bicyclic) bond motifs is 1. The number of imidazole rings is 1. The van der Waals surface area contributed by atoms with Crippen LogP contribution in [0.1, 0.15) is 63.9 Å². The second-order valence-corrected chi connectivity index (χ2v) is 9.82. The largest absolute Gasteiger partial charge is 0.347 e. The fourth-order valence-electron chi connectivity index (χ4n) is 3.04. The third-order valence-corrected chi connectivity index (χ3v) is 4.85. The number of ketones is 1. The zero-order valence-electron chi connectivity index (χ0n) is 24.7. The van der Waals surface area contributed by atoms with E-state index >= 15 is 0 Å². The van der Waals surface area contributed by atoms with E-state index in [0.717, 1.165) is 11.5 Å². The number of Topliss-reactive ketones (excluding diaryl/α,β-unsaturated/α-hetero) is 1. The Kier molecular flexibility index (Phi) is 15.7. The van der Waals surface area contributed by atoms with Crippen LogP contribution in [0.4, 0.5) is 0 Å². The van der Waals surface area contributed by atoms with E-state index in [0.29, 0.717) is 16.6 Å². The normalized spacial score (nSPS) is 10.7. The Labute approximate surface area is 241 Å². The minimum atomic E-state index is -0.987. The number of rotatable bonds is 10. The predicted octanol–water partition coefficient (Wildman–Crippen LogP) is 2.88. The highest BCUT2D eigenvalue weighted by Crippen LogP contribution is 2.14. The summed E-state index contributed by atoms with van der Waals surface area (Å²) < 4.78 is 0. The molecule has 0 aliphatic heterocycles. The Hall–Kier alpha value is -4.54. The molecule has 0 unspecified atom stereocenters. The van der Waals surface area contributed by atoms with Crippen LogP contribution in [0.15, 0.2) is 54.9 Å². The van der Waals surface area contributed by atoms with Crippen LogP contribution >= 0.6 is 0 Å². The standard InChI is InChI=1S/C23H24N6O5.C4H10.C3H8/c1-14(21(32)25-11-18(30)23(34)24-10-15-6-3-2-4-7-15)29-19(31)12-26-22(33)16-8-5-9-17-20(16)28-13-27-17;1-4(2)3;1-3-2/h2-9,13-14H,10-12H2,1H3,(H,24,34)(H,25,32)(H,26,33)(H,27,28)(H,29,31);4H,1-3H3;3H2,1-2H3/t14-;;/m0../s1. The van der Waals surface area contributed by atoms with Crippen molar-refractivity contribution in [2.75, 3.05) is 13.1 Å². The zero-order chi connectivity index (χ0) is 30.8. The summed E-state index contributed by atoms with van der Waals surface area (Å²) in [4.78, 5) is 67.4. The molecule has 0 fully saturated rings. The predicted molar refractivity (Wildman–Crippen MR) is 159 cm³/mol. The summed E-state index contributed by atoms with van der Waals surface area (Å²) >= 11 is 0. The van der Waals surface area contributed by atoms with E-state index in [-0.39, 0.29) is 13.1 Å². The Morgan fingerprint density at radius 3 is 2.10 bits per heavy atom. The number of amides is 4. The van der Waals surface area contributed by atoms with Crippen molar-refractivity contribution in [2.45, 2.75) is 60.5 Å². The summed E-state index contributed by atoms with van der Waals surface area (Å²) in [5.41, 5.74) is 2.30. The number of aromatic amines is 1. The number of nitrogens with zero attached hydrogens (tertiary/aromatic N) is 1. The molecule has 0 aliphatic carbocycles. The van der Waals surface area contributed by atoms with Gasteiger partial charge < -0.3 is 26.3 Å². The molecule has 0 saturated carbocycles. The average molecular weight is 567 g/mol. The molecule has 5 N–H and O–H groups in total. The summed E-state index contributed by atoms with van der Waals surface area (Å²) in [6.07, 6.45) is 2.71. The Balaban J connectivity index is 0.00000108. The maximum absolute atomic E-state index is 12.4. The molecule has 3 rings (SSSR count). The second-order valence-electron chi connectivity index (χ2n) is 9.82. The number of carbonyl (C=O) groups excluding carboxylic acids is 5. The summed E-state index contributed by atoms with van der Waals surface area (Å²) in [6, 6.07) is 13.1. The number of hydrogen-bond acceptors (Lipinski definition) is 6. The first-order chi connectivity index (χ1) is 19.5. The molecule has 11 nitrogen and oxygen atoms in total. The quantitative estimate of drug-likeness (QED) is 0.237. The third kappa shape index (κ3) is 13.4. The summed E-state index contributed by atoms with van der Waals surface area (Å²) in [5, 5.41) is 9.68. The van der Waals surface area contributed by atoms with Gasteiger partial charge in [-0.05, 0) is 30.5 Å². The van der Waals surface area contributed by atoms with Crippen molar-refractivity contribution >= 4 is 40.4 Å². The van der Waals surface area contributed by atoms with Crippen LogP contribution in [0.25, 0.3) is 11.0 Å². The van der Waals surface area contributed by atoms with E-state index in [9.17, 15) is 24.0 Å². The lowest BCUT2D eigenvalue weighted by molar-refractivity contribution is -0.138. The van der Waals surface area contributed by atoms with Crippen molar-refractivity contribution in [3.63, 3.8) is 0 Å². The first kappa shape index (κ1) is 34.5. The Morgan fingerprint density at radius 1 is 0.829 bits per heavy atom. The number of benzene rings is 2. The van der Waals surface area contributed by atoms with Gasteiger partial charge >= 0.3 is 0 Å². The molecule has 3 aromatic rings. The third-order valence-electron chi connectivity index (χ3n) is 4.85. The van der Waals surface area contributed by atoms with Crippen molar-refractivity contribution in [2.24, 2.45) is 5.92 Å². The average Bonchev–Trinajstić information content (AvgIpc) is 3.43. The maximum atomic E-state index is 12.4. The van der Waals surface area contributed by atoms with Crippen molar-refractivity contribution in [3.8, 4) is 0 Å². The van der Waals surface area contributed by atoms with Crippen LogP contribution in [0.3, 0.4) is 0 Å². The highest BCUT2D eigenvalue weighted by atomic mass is 16.2. The molecule has 0 saturated heterocycles. The van der Waals surface area contributed by atoms with Gasteiger partial charge in [-0.2, -0.15) is 0 Å². The van der Waals surface area contributed by atoms with Gasteiger partial charge in [0.1, 0.15) is 11.6 Å². The molecule has 0 spiro atoms. The zero-order valence-corrected chi connectivity index (χ0v) is 24.7. The highest BCUT2D eigenvalue weighted by Gasteiger charge is 2.20. The van der Waals surface area contributed by atoms with E-state index in [4.69, 9.17) is 0 Å². The molecule has 2 aromatic carbocycles. The fourth-order valence-corrected chi connectivity index (χ4v) is 3.04. The van der Waals surface area contributed by atoms with E-state index in [1.54, 1.807) is 30.3 Å². The number of carbonyl (C=O) groups is 5. The van der Waals surface area contributed by atoms with E-state index in [1.165, 1.54) is 19.7 Å². The lowest BCUT2D eigenvalue weighted by Gasteiger charge is -2.14. The Bertz CT molecular complexity index is 1270. The van der Waals surface area contributed by atoms with E-state index in [2.05, 4.69) is 65.9 Å². The lowest BCUT2D eigenvalue weighted by Crippen LogP contribution is -2.49. The van der Waals surface area contributed by atoms with Crippen LogP contribution in [0.2, 0.25) is 0 Å². The van der Waals surface area contributed by atoms with Gasteiger partial charge in [-0.3, -0.25) is 24.0 Å². The second kappa shape index (κ2) is 18.7. The minimum absolute atomic E-state index is 0.187. The van der Waals surface area contributed by atoms with Crippen molar-refractivity contribution < 1.29 is 24.0 Å². The first-order valence-corrected chi connectivity index (χ1v) is 13.6. The van der Waals surface area contributed by atoms with Crippen molar-refractivity contribution in [1.82, 2.24) is 31.2 Å². The summed E-state index contributed by atoms with van der Waals surface area (Å²) in [7, 11) is 0. The number of hydrogen-bond donors (Lipinski definition) is 5. The van der Waals surface area contributed by atoms with Gasteiger partial charge in [-0.15, -0.1) is 0 Å². The van der Waals surface area contributed by atoms with Crippen LogP contribution in [-0.4, -0.2) is 58.5 Å². The molecule has 222 valence electrons. The molecule has 0 radical (unpaired) electrons. The summed E-state index contributed by atoms with van der Waals surface area (Å²) in [5.74, 6) is -2.54. The number of H-pyrrole nitrogens is 1. The topological polar surface area (TPSA) is 162 Å². The molecular weight excluding hydrogens is 524 g/mol. The number of nitrogens with one attached hydrogen (secondary N) is 5. The molecule has 0 bridgehead atoms. The molecule has 0 aliphatic rings. The molecule has 1 heterocycles. The van der Waals surface area contributed by atoms with Gasteiger partial charge in [0, 0.05) is 6.54 Å². The molecule has 11 heteroatoms. The molecule has 1 aromatic heterocycles. The Morgan fingerprint density at radius 2 is 1.46 bits per heavy atom. The van der Waals surface area contributed by atoms with E-state index in [1.807, 2.05) is 18.2 Å². The van der Waals surface area contributed by atoms with Crippen LogP contribution in [-0.2, 0) is 25.7 Å². The van der Waals surface area contributed by atoms with Crippen LogP contribution in [0.5, 0.6) is 0 Å². The van der Waals surface area contributed by atoms with Crippen molar-refractivity contribution in [1.29, 1.82) is 0 Å². The van der Waals surface area contributed by atoms with Gasteiger partial charge in [-0.1, -0.05) is 77.4 Å². The maximum Gasteiger partial charge on any atom is 0.289 e. The first-order valence-electron chi connectivity index (χ1n) is 13.6.